The summed E-state index contributed by atoms with van der Waals surface area (Å²) in [6, 6.07) is 22.4. The summed E-state index contributed by atoms with van der Waals surface area (Å²) in [4.78, 5) is 15.1. The first-order valence-corrected chi connectivity index (χ1v) is 10.4. The molecule has 0 spiro atoms. The normalized spacial score (nSPS) is 15.3. The molecular weight excluding hydrogens is 360 g/mol. The van der Waals surface area contributed by atoms with Crippen molar-refractivity contribution in [3.63, 3.8) is 0 Å². The number of fused-ring (bicyclic) bond motifs is 1. The third-order valence-electron chi connectivity index (χ3n) is 5.49. The van der Waals surface area contributed by atoms with Crippen LogP contribution in [0.5, 0.6) is 5.75 Å². The summed E-state index contributed by atoms with van der Waals surface area (Å²) < 4.78 is 5.97. The number of benzene rings is 3. The third-order valence-corrected chi connectivity index (χ3v) is 5.49. The summed E-state index contributed by atoms with van der Waals surface area (Å²) in [6.45, 7) is 5.66. The van der Waals surface area contributed by atoms with Gasteiger partial charge < -0.3 is 10.1 Å². The molecule has 3 aromatic carbocycles. The fraction of sp³-hybridized carbons (Fsp3) is 0.320. The maximum absolute atomic E-state index is 12.6. The molecule has 1 aliphatic heterocycles. The quantitative estimate of drug-likeness (QED) is 0.647. The van der Waals surface area contributed by atoms with E-state index in [0.29, 0.717) is 6.54 Å². The lowest BCUT2D eigenvalue weighted by Crippen LogP contribution is -2.36. The minimum atomic E-state index is -0.561. The van der Waals surface area contributed by atoms with Crippen LogP contribution < -0.4 is 10.1 Å². The highest BCUT2D eigenvalue weighted by Crippen LogP contribution is 2.26. The summed E-state index contributed by atoms with van der Waals surface area (Å²) >= 11 is 0. The number of nitrogens with zero attached hydrogens (tertiary/aromatic N) is 1. The first-order valence-electron chi connectivity index (χ1n) is 10.4. The average molecular weight is 389 g/mol. The van der Waals surface area contributed by atoms with Gasteiger partial charge in [0.15, 0.2) is 6.10 Å². The molecule has 4 heteroatoms. The van der Waals surface area contributed by atoms with Gasteiger partial charge in [0.25, 0.3) is 5.91 Å². The molecule has 4 nitrogen and oxygen atoms in total. The van der Waals surface area contributed by atoms with E-state index in [2.05, 4.69) is 34.5 Å². The lowest BCUT2D eigenvalue weighted by Gasteiger charge is -2.17. The van der Waals surface area contributed by atoms with E-state index >= 15 is 0 Å². The number of amides is 1. The predicted molar refractivity (Wildman–Crippen MR) is 117 cm³/mol. The van der Waals surface area contributed by atoms with Crippen molar-refractivity contribution in [2.75, 3.05) is 13.1 Å². The van der Waals surface area contributed by atoms with Crippen molar-refractivity contribution in [3.8, 4) is 5.75 Å². The van der Waals surface area contributed by atoms with E-state index in [-0.39, 0.29) is 5.91 Å². The van der Waals surface area contributed by atoms with Crippen molar-refractivity contribution in [1.29, 1.82) is 0 Å². The van der Waals surface area contributed by atoms with E-state index in [0.717, 1.165) is 28.6 Å². The van der Waals surface area contributed by atoms with Crippen LogP contribution in [0.25, 0.3) is 10.8 Å². The van der Waals surface area contributed by atoms with E-state index in [1.54, 1.807) is 6.92 Å². The van der Waals surface area contributed by atoms with Crippen LogP contribution in [0.2, 0.25) is 0 Å². The highest BCUT2D eigenvalue weighted by molar-refractivity contribution is 5.89. The van der Waals surface area contributed by atoms with Gasteiger partial charge in [-0.15, -0.1) is 0 Å². The van der Waals surface area contributed by atoms with Gasteiger partial charge in [-0.2, -0.15) is 0 Å². The zero-order chi connectivity index (χ0) is 20.1. The number of ether oxygens (including phenoxy) is 1. The molecule has 150 valence electrons. The van der Waals surface area contributed by atoms with E-state index in [1.165, 1.54) is 31.5 Å². The Bertz CT molecular complexity index is 974. The van der Waals surface area contributed by atoms with Crippen LogP contribution in [-0.2, 0) is 17.9 Å². The Morgan fingerprint density at radius 1 is 1.00 bits per heavy atom. The number of carbonyl (C=O) groups excluding carboxylic acids is 1. The monoisotopic (exact) mass is 388 g/mol. The van der Waals surface area contributed by atoms with Crippen molar-refractivity contribution in [1.82, 2.24) is 10.2 Å². The molecule has 1 saturated heterocycles. The molecule has 0 aliphatic carbocycles. The topological polar surface area (TPSA) is 41.6 Å². The van der Waals surface area contributed by atoms with Gasteiger partial charge in [0.05, 0.1) is 0 Å². The molecule has 29 heavy (non-hydrogen) atoms. The standard InChI is InChI=1S/C25H28N2O2/c1-19(29-24-13-7-11-22-10-2-3-12-23(22)24)25(28)26-17-20-8-6-9-21(16-20)18-27-14-4-5-15-27/h2-3,6-13,16,19H,4-5,14-15,17-18H2,1H3,(H,26,28). The minimum absolute atomic E-state index is 0.108. The van der Waals surface area contributed by atoms with Gasteiger partial charge in [-0.3, -0.25) is 9.69 Å². The van der Waals surface area contributed by atoms with Crippen LogP contribution in [0, 0.1) is 0 Å². The zero-order valence-electron chi connectivity index (χ0n) is 16.9. The van der Waals surface area contributed by atoms with Gasteiger partial charge in [0.2, 0.25) is 0 Å². The van der Waals surface area contributed by atoms with Gasteiger partial charge in [-0.05, 0) is 55.4 Å². The fourth-order valence-corrected chi connectivity index (χ4v) is 3.91. The molecule has 4 rings (SSSR count). The Hall–Kier alpha value is -2.85. The maximum atomic E-state index is 12.6. The number of nitrogens with one attached hydrogen (secondary N) is 1. The van der Waals surface area contributed by atoms with Crippen molar-refractivity contribution in [3.05, 3.63) is 77.9 Å². The summed E-state index contributed by atoms with van der Waals surface area (Å²) in [5.74, 6) is 0.626. The summed E-state index contributed by atoms with van der Waals surface area (Å²) in [5, 5.41) is 5.13. The van der Waals surface area contributed by atoms with Crippen LogP contribution in [0.1, 0.15) is 30.9 Å². The van der Waals surface area contributed by atoms with E-state index in [9.17, 15) is 4.79 Å². The predicted octanol–water partition coefficient (Wildman–Crippen LogP) is 4.52. The average Bonchev–Trinajstić information content (AvgIpc) is 3.25. The van der Waals surface area contributed by atoms with Gasteiger partial charge in [0, 0.05) is 18.5 Å². The van der Waals surface area contributed by atoms with Gasteiger partial charge >= 0.3 is 0 Å². The van der Waals surface area contributed by atoms with Crippen LogP contribution in [0.3, 0.4) is 0 Å². The molecule has 3 aromatic rings. The summed E-state index contributed by atoms with van der Waals surface area (Å²) in [7, 11) is 0. The molecule has 0 saturated carbocycles. The Morgan fingerprint density at radius 3 is 2.59 bits per heavy atom. The Labute approximate surface area is 172 Å². The first-order chi connectivity index (χ1) is 14.2. The highest BCUT2D eigenvalue weighted by atomic mass is 16.5. The minimum Gasteiger partial charge on any atom is -0.480 e. The van der Waals surface area contributed by atoms with Crippen LogP contribution in [0.4, 0.5) is 0 Å². The van der Waals surface area contributed by atoms with Crippen LogP contribution in [-0.4, -0.2) is 30.0 Å². The molecule has 0 aromatic heterocycles. The highest BCUT2D eigenvalue weighted by Gasteiger charge is 2.16. The second-order valence-electron chi connectivity index (χ2n) is 7.76. The molecule has 1 N–H and O–H groups in total. The number of carbonyl (C=O) groups is 1. The molecule has 1 amide bonds. The number of likely N-dealkylation sites (tertiary alicyclic amines) is 1. The van der Waals surface area contributed by atoms with Gasteiger partial charge in [-0.25, -0.2) is 0 Å². The Morgan fingerprint density at radius 2 is 1.72 bits per heavy atom. The third kappa shape index (κ3) is 4.96. The molecule has 0 bridgehead atoms. The molecule has 1 unspecified atom stereocenters. The zero-order valence-corrected chi connectivity index (χ0v) is 16.9. The number of rotatable bonds is 7. The smallest absolute Gasteiger partial charge is 0.261 e. The molecule has 0 radical (unpaired) electrons. The Kier molecular flexibility index (Phi) is 6.11. The molecule has 1 heterocycles. The summed E-state index contributed by atoms with van der Waals surface area (Å²) in [6.07, 6.45) is 2.03. The van der Waals surface area contributed by atoms with Crippen molar-refractivity contribution >= 4 is 16.7 Å². The number of hydrogen-bond donors (Lipinski definition) is 1. The summed E-state index contributed by atoms with van der Waals surface area (Å²) in [5.41, 5.74) is 2.42. The van der Waals surface area contributed by atoms with Crippen LogP contribution >= 0.6 is 0 Å². The van der Waals surface area contributed by atoms with E-state index in [1.807, 2.05) is 42.5 Å². The van der Waals surface area contributed by atoms with Gasteiger partial charge in [0.1, 0.15) is 5.75 Å². The number of hydrogen-bond acceptors (Lipinski definition) is 3. The molecular formula is C25H28N2O2. The van der Waals surface area contributed by atoms with Crippen molar-refractivity contribution in [2.45, 2.75) is 39.0 Å². The van der Waals surface area contributed by atoms with Crippen molar-refractivity contribution < 1.29 is 9.53 Å². The second-order valence-corrected chi connectivity index (χ2v) is 7.76. The van der Waals surface area contributed by atoms with Crippen molar-refractivity contribution in [2.24, 2.45) is 0 Å². The van der Waals surface area contributed by atoms with E-state index in [4.69, 9.17) is 4.74 Å². The molecule has 1 fully saturated rings. The largest absolute Gasteiger partial charge is 0.480 e. The van der Waals surface area contributed by atoms with Crippen LogP contribution in [0.15, 0.2) is 66.7 Å². The first kappa shape index (κ1) is 19.5. The lowest BCUT2D eigenvalue weighted by molar-refractivity contribution is -0.127. The fourth-order valence-electron chi connectivity index (χ4n) is 3.91. The lowest BCUT2D eigenvalue weighted by atomic mass is 10.1. The second kappa shape index (κ2) is 9.10. The molecule has 1 atom stereocenters. The SMILES string of the molecule is CC(Oc1cccc2ccccc12)C(=O)NCc1cccc(CN2CCCC2)c1. The van der Waals surface area contributed by atoms with E-state index < -0.39 is 6.10 Å². The molecule has 1 aliphatic rings. The maximum Gasteiger partial charge on any atom is 0.261 e. The Balaban J connectivity index is 1.34. The van der Waals surface area contributed by atoms with Gasteiger partial charge in [-0.1, -0.05) is 60.7 Å².